The van der Waals surface area contributed by atoms with Crippen LogP contribution in [0, 0.1) is 0 Å². The number of nitrogens with one attached hydrogen (secondary N) is 1. The summed E-state index contributed by atoms with van der Waals surface area (Å²) in [4.78, 5) is 25.9. The van der Waals surface area contributed by atoms with Crippen LogP contribution in [0.4, 0.5) is 4.79 Å². The van der Waals surface area contributed by atoms with Crippen molar-refractivity contribution >= 4 is 23.3 Å². The summed E-state index contributed by atoms with van der Waals surface area (Å²) in [5.74, 6) is -0.868. The van der Waals surface area contributed by atoms with Crippen molar-refractivity contribution in [3.63, 3.8) is 0 Å². The molecule has 2 amide bonds. The number of aliphatic carboxylic acids is 1. The fraction of sp³-hybridized carbons (Fsp3) is 0.600. The van der Waals surface area contributed by atoms with E-state index in [0.717, 1.165) is 12.8 Å². The lowest BCUT2D eigenvalue weighted by molar-refractivity contribution is -0.137. The third-order valence-corrected chi connectivity index (χ3v) is 4.92. The second-order valence-electron chi connectivity index (χ2n) is 6.09. The number of carbonyl (C=O) groups excluding carboxylic acids is 1. The number of carboxylic acids is 1. The van der Waals surface area contributed by atoms with E-state index in [1.165, 1.54) is 4.88 Å². The van der Waals surface area contributed by atoms with Gasteiger partial charge in [0.15, 0.2) is 0 Å². The number of hydrogen-bond acceptors (Lipinski definition) is 3. The molecule has 1 saturated carbocycles. The van der Waals surface area contributed by atoms with Crippen molar-refractivity contribution in [3.8, 4) is 0 Å². The van der Waals surface area contributed by atoms with Gasteiger partial charge in [0, 0.05) is 29.4 Å². The number of carbonyl (C=O) groups is 2. The zero-order chi connectivity index (χ0) is 15.5. The fourth-order valence-electron chi connectivity index (χ4n) is 2.20. The number of thiophene rings is 1. The number of carboxylic acid groups (broad SMARTS) is 1. The molecule has 1 aliphatic carbocycles. The molecule has 0 aromatic carbocycles. The van der Waals surface area contributed by atoms with Crippen molar-refractivity contribution in [2.75, 3.05) is 13.1 Å². The molecule has 1 aliphatic rings. The van der Waals surface area contributed by atoms with E-state index in [0.29, 0.717) is 6.54 Å². The zero-order valence-electron chi connectivity index (χ0n) is 12.5. The minimum Gasteiger partial charge on any atom is -0.481 e. The highest BCUT2D eigenvalue weighted by atomic mass is 32.1. The predicted molar refractivity (Wildman–Crippen MR) is 82.7 cm³/mol. The third-order valence-electron chi connectivity index (χ3n) is 3.68. The minimum atomic E-state index is -0.868. The van der Waals surface area contributed by atoms with Crippen molar-refractivity contribution in [1.29, 1.82) is 0 Å². The lowest BCUT2D eigenvalue weighted by Crippen LogP contribution is -2.46. The first-order valence-corrected chi connectivity index (χ1v) is 8.08. The molecule has 5 nitrogen and oxygen atoms in total. The zero-order valence-corrected chi connectivity index (χ0v) is 13.3. The van der Waals surface area contributed by atoms with E-state index >= 15 is 0 Å². The molecule has 0 atom stereocenters. The van der Waals surface area contributed by atoms with E-state index in [4.69, 9.17) is 5.11 Å². The standard InChI is InChI=1S/C15H22N2O3S/c1-15(2,12-4-3-9-21-12)10-16-14(20)17(11-5-6-11)8-7-13(18)19/h3-4,9,11H,5-8,10H2,1-2H3,(H,16,20)(H,18,19). The fourth-order valence-corrected chi connectivity index (χ4v) is 3.05. The van der Waals surface area contributed by atoms with Gasteiger partial charge < -0.3 is 15.3 Å². The van der Waals surface area contributed by atoms with Crippen molar-refractivity contribution in [3.05, 3.63) is 22.4 Å². The van der Waals surface area contributed by atoms with Gasteiger partial charge >= 0.3 is 12.0 Å². The molecule has 0 bridgehead atoms. The average molecular weight is 310 g/mol. The Labute approximate surface area is 129 Å². The maximum atomic E-state index is 12.3. The normalized spacial score (nSPS) is 14.8. The van der Waals surface area contributed by atoms with Crippen LogP contribution in [0.5, 0.6) is 0 Å². The van der Waals surface area contributed by atoms with Crippen molar-refractivity contribution in [2.24, 2.45) is 0 Å². The van der Waals surface area contributed by atoms with Crippen LogP contribution in [0.2, 0.25) is 0 Å². The summed E-state index contributed by atoms with van der Waals surface area (Å²) in [5, 5.41) is 13.8. The minimum absolute atomic E-state index is 0.00175. The Hall–Kier alpha value is -1.56. The van der Waals surface area contributed by atoms with Gasteiger partial charge in [0.2, 0.25) is 0 Å². The van der Waals surface area contributed by atoms with Gasteiger partial charge in [-0.1, -0.05) is 19.9 Å². The molecule has 1 aromatic rings. The first kappa shape index (κ1) is 15.8. The quantitative estimate of drug-likeness (QED) is 0.813. The number of amides is 2. The summed E-state index contributed by atoms with van der Waals surface area (Å²) >= 11 is 1.68. The summed E-state index contributed by atoms with van der Waals surface area (Å²) in [5.41, 5.74) is -0.119. The van der Waals surface area contributed by atoms with Crippen LogP contribution in [0.15, 0.2) is 17.5 Å². The maximum Gasteiger partial charge on any atom is 0.317 e. The molecule has 0 spiro atoms. The second kappa shape index (κ2) is 6.47. The summed E-state index contributed by atoms with van der Waals surface area (Å²) in [6, 6.07) is 4.14. The molecule has 2 N–H and O–H groups in total. The molecule has 1 fully saturated rings. The maximum absolute atomic E-state index is 12.3. The smallest absolute Gasteiger partial charge is 0.317 e. The SMILES string of the molecule is CC(C)(CNC(=O)N(CCC(=O)O)C1CC1)c1cccs1. The molecule has 1 aromatic heterocycles. The van der Waals surface area contributed by atoms with Gasteiger partial charge in [-0.2, -0.15) is 0 Å². The van der Waals surface area contributed by atoms with Gasteiger partial charge in [0.25, 0.3) is 0 Å². The Balaban J connectivity index is 1.88. The van der Waals surface area contributed by atoms with Gasteiger partial charge in [-0.15, -0.1) is 11.3 Å². The third kappa shape index (κ3) is 4.46. The van der Waals surface area contributed by atoms with Crippen molar-refractivity contribution in [1.82, 2.24) is 10.2 Å². The molecule has 0 saturated heterocycles. The summed E-state index contributed by atoms with van der Waals surface area (Å²) < 4.78 is 0. The van der Waals surface area contributed by atoms with Crippen LogP contribution >= 0.6 is 11.3 Å². The van der Waals surface area contributed by atoms with Gasteiger partial charge in [-0.05, 0) is 24.3 Å². The molecular formula is C15H22N2O3S. The van der Waals surface area contributed by atoms with Gasteiger partial charge in [-0.3, -0.25) is 4.79 Å². The van der Waals surface area contributed by atoms with Gasteiger partial charge in [0.1, 0.15) is 0 Å². The lowest BCUT2D eigenvalue weighted by atomic mass is 9.91. The van der Waals surface area contributed by atoms with E-state index < -0.39 is 5.97 Å². The van der Waals surface area contributed by atoms with Crippen LogP contribution in [0.1, 0.15) is 38.0 Å². The topological polar surface area (TPSA) is 69.6 Å². The van der Waals surface area contributed by atoms with E-state index in [2.05, 4.69) is 25.2 Å². The monoisotopic (exact) mass is 310 g/mol. The van der Waals surface area contributed by atoms with Crippen LogP contribution in [0.3, 0.4) is 0 Å². The molecule has 21 heavy (non-hydrogen) atoms. The summed E-state index contributed by atoms with van der Waals surface area (Å²) in [6.07, 6.45) is 1.95. The Bertz CT molecular complexity index is 495. The molecule has 116 valence electrons. The Morgan fingerprint density at radius 2 is 2.19 bits per heavy atom. The van der Waals surface area contributed by atoms with Crippen LogP contribution in [-0.4, -0.2) is 41.1 Å². The van der Waals surface area contributed by atoms with Gasteiger partial charge in [0.05, 0.1) is 6.42 Å². The number of urea groups is 1. The highest BCUT2D eigenvalue weighted by Gasteiger charge is 2.33. The van der Waals surface area contributed by atoms with Crippen LogP contribution in [0.25, 0.3) is 0 Å². The first-order valence-electron chi connectivity index (χ1n) is 7.20. The van der Waals surface area contributed by atoms with E-state index in [1.54, 1.807) is 16.2 Å². The molecule has 6 heteroatoms. The average Bonchev–Trinajstić information content (AvgIpc) is 3.08. The summed E-state index contributed by atoms with van der Waals surface area (Å²) in [7, 11) is 0. The Kier molecular flexibility index (Phi) is 4.88. The molecule has 0 unspecified atom stereocenters. The van der Waals surface area contributed by atoms with Crippen LogP contribution < -0.4 is 5.32 Å². The highest BCUT2D eigenvalue weighted by molar-refractivity contribution is 7.10. The largest absolute Gasteiger partial charge is 0.481 e. The number of nitrogens with zero attached hydrogens (tertiary/aromatic N) is 1. The van der Waals surface area contributed by atoms with Crippen molar-refractivity contribution in [2.45, 2.75) is 44.6 Å². The highest BCUT2D eigenvalue weighted by Crippen LogP contribution is 2.28. The molecule has 2 rings (SSSR count). The van der Waals surface area contributed by atoms with E-state index in [1.807, 2.05) is 11.4 Å². The molecule has 1 heterocycles. The second-order valence-corrected chi connectivity index (χ2v) is 7.04. The lowest BCUT2D eigenvalue weighted by Gasteiger charge is -2.27. The molecule has 0 radical (unpaired) electrons. The van der Waals surface area contributed by atoms with E-state index in [9.17, 15) is 9.59 Å². The Morgan fingerprint density at radius 1 is 1.48 bits per heavy atom. The predicted octanol–water partition coefficient (Wildman–Crippen LogP) is 2.67. The van der Waals surface area contributed by atoms with E-state index in [-0.39, 0.29) is 30.5 Å². The van der Waals surface area contributed by atoms with Gasteiger partial charge in [-0.25, -0.2) is 4.79 Å². The number of rotatable bonds is 7. The number of hydrogen-bond donors (Lipinski definition) is 2. The molecule has 0 aliphatic heterocycles. The molecular weight excluding hydrogens is 288 g/mol. The van der Waals surface area contributed by atoms with Crippen LogP contribution in [-0.2, 0) is 10.2 Å². The summed E-state index contributed by atoms with van der Waals surface area (Å²) in [6.45, 7) is 5.02. The Morgan fingerprint density at radius 3 is 2.71 bits per heavy atom. The van der Waals surface area contributed by atoms with Crippen molar-refractivity contribution < 1.29 is 14.7 Å². The first-order chi connectivity index (χ1) is 9.90.